The van der Waals surface area contributed by atoms with Crippen molar-refractivity contribution < 1.29 is 4.42 Å². The summed E-state index contributed by atoms with van der Waals surface area (Å²) in [5, 5.41) is 3.96. The molecule has 4 heteroatoms. The summed E-state index contributed by atoms with van der Waals surface area (Å²) >= 11 is 0. The predicted octanol–water partition coefficient (Wildman–Crippen LogP) is 4.38. The number of anilines is 1. The van der Waals surface area contributed by atoms with Gasteiger partial charge in [-0.2, -0.15) is 0 Å². The Labute approximate surface area is 163 Å². The van der Waals surface area contributed by atoms with Crippen LogP contribution < -0.4 is 10.2 Å². The molecule has 27 heavy (non-hydrogen) atoms. The third-order valence-corrected chi connectivity index (χ3v) is 6.11. The Morgan fingerprint density at radius 1 is 0.963 bits per heavy atom. The number of nitrogens with zero attached hydrogens (tertiary/aromatic N) is 2. The molecule has 0 bridgehead atoms. The zero-order chi connectivity index (χ0) is 18.5. The Bertz CT molecular complexity index is 683. The van der Waals surface area contributed by atoms with E-state index in [1.165, 1.54) is 57.4 Å². The number of piperidine rings is 2. The molecule has 1 aromatic heterocycles. The largest absolute Gasteiger partial charge is 0.464 e. The van der Waals surface area contributed by atoms with Crippen LogP contribution >= 0.6 is 0 Å². The molecular formula is C23H33N3O. The van der Waals surface area contributed by atoms with Gasteiger partial charge in [-0.1, -0.05) is 19.1 Å². The lowest BCUT2D eigenvalue weighted by Crippen LogP contribution is -2.50. The normalized spacial score (nSPS) is 20.3. The summed E-state index contributed by atoms with van der Waals surface area (Å²) in [5.41, 5.74) is 2.48. The zero-order valence-electron chi connectivity index (χ0n) is 16.6. The average Bonchev–Trinajstić information content (AvgIpc) is 3.25. The summed E-state index contributed by atoms with van der Waals surface area (Å²) < 4.78 is 5.55. The van der Waals surface area contributed by atoms with Crippen LogP contribution in [0.5, 0.6) is 0 Å². The Balaban J connectivity index is 1.27. The first-order valence-electron chi connectivity index (χ1n) is 10.7. The fourth-order valence-electron chi connectivity index (χ4n) is 4.58. The van der Waals surface area contributed by atoms with Crippen molar-refractivity contribution in [1.29, 1.82) is 0 Å². The Morgan fingerprint density at radius 2 is 1.70 bits per heavy atom. The van der Waals surface area contributed by atoms with Crippen molar-refractivity contribution in [1.82, 2.24) is 10.2 Å². The SMILES string of the molecule is CCCN1CCC(NC2CCN(c3cccc(-c4ccco4)c3)CC2)CC1. The number of furan rings is 1. The number of hydrogen-bond donors (Lipinski definition) is 1. The first-order valence-corrected chi connectivity index (χ1v) is 10.7. The van der Waals surface area contributed by atoms with Crippen molar-refractivity contribution in [2.24, 2.45) is 0 Å². The Hall–Kier alpha value is -1.78. The van der Waals surface area contributed by atoms with Gasteiger partial charge in [-0.15, -0.1) is 0 Å². The highest BCUT2D eigenvalue weighted by molar-refractivity contribution is 5.64. The topological polar surface area (TPSA) is 31.6 Å². The molecule has 0 amide bonds. The molecule has 0 aliphatic carbocycles. The van der Waals surface area contributed by atoms with E-state index in [1.54, 1.807) is 6.26 Å². The van der Waals surface area contributed by atoms with Gasteiger partial charge in [0.25, 0.3) is 0 Å². The number of nitrogens with one attached hydrogen (secondary N) is 1. The fraction of sp³-hybridized carbons (Fsp3) is 0.565. The van der Waals surface area contributed by atoms with Gasteiger partial charge < -0.3 is 19.5 Å². The van der Waals surface area contributed by atoms with E-state index in [1.807, 2.05) is 12.1 Å². The van der Waals surface area contributed by atoms with Crippen molar-refractivity contribution in [2.45, 2.75) is 51.1 Å². The third-order valence-electron chi connectivity index (χ3n) is 6.11. The van der Waals surface area contributed by atoms with E-state index >= 15 is 0 Å². The van der Waals surface area contributed by atoms with Crippen LogP contribution in [-0.2, 0) is 0 Å². The van der Waals surface area contributed by atoms with E-state index in [9.17, 15) is 0 Å². The number of hydrogen-bond acceptors (Lipinski definition) is 4. The van der Waals surface area contributed by atoms with Crippen LogP contribution in [0.1, 0.15) is 39.0 Å². The summed E-state index contributed by atoms with van der Waals surface area (Å²) in [7, 11) is 0. The molecular weight excluding hydrogens is 334 g/mol. The van der Waals surface area contributed by atoms with Gasteiger partial charge in [0, 0.05) is 36.4 Å². The second-order valence-electron chi connectivity index (χ2n) is 8.07. The standard InChI is InChI=1S/C23H33N3O/c1-2-12-25-13-8-20(9-14-25)24-21-10-15-26(16-11-21)22-6-3-5-19(18-22)23-7-4-17-27-23/h3-7,17-18,20-21,24H,2,8-16H2,1H3. The summed E-state index contributed by atoms with van der Waals surface area (Å²) in [5.74, 6) is 0.947. The molecule has 1 N–H and O–H groups in total. The van der Waals surface area contributed by atoms with Crippen LogP contribution in [-0.4, -0.2) is 49.7 Å². The van der Waals surface area contributed by atoms with Gasteiger partial charge in [0.15, 0.2) is 0 Å². The smallest absolute Gasteiger partial charge is 0.133 e. The molecule has 2 saturated heterocycles. The first kappa shape index (κ1) is 18.6. The van der Waals surface area contributed by atoms with Crippen LogP contribution in [0.25, 0.3) is 11.3 Å². The van der Waals surface area contributed by atoms with Crippen LogP contribution in [0.15, 0.2) is 47.1 Å². The van der Waals surface area contributed by atoms with Gasteiger partial charge in [0.2, 0.25) is 0 Å². The Kier molecular flexibility index (Phi) is 6.15. The highest BCUT2D eigenvalue weighted by Gasteiger charge is 2.24. The number of rotatable bonds is 6. The van der Waals surface area contributed by atoms with Crippen molar-refractivity contribution in [3.63, 3.8) is 0 Å². The molecule has 2 fully saturated rings. The fourth-order valence-corrected chi connectivity index (χ4v) is 4.58. The molecule has 2 aliphatic rings. The monoisotopic (exact) mass is 367 g/mol. The van der Waals surface area contributed by atoms with Crippen LogP contribution in [0.4, 0.5) is 5.69 Å². The van der Waals surface area contributed by atoms with Gasteiger partial charge in [0.1, 0.15) is 5.76 Å². The molecule has 0 unspecified atom stereocenters. The minimum absolute atomic E-state index is 0.678. The van der Waals surface area contributed by atoms with E-state index in [-0.39, 0.29) is 0 Å². The third kappa shape index (κ3) is 4.74. The molecule has 2 aromatic rings. The van der Waals surface area contributed by atoms with Crippen molar-refractivity contribution >= 4 is 5.69 Å². The highest BCUT2D eigenvalue weighted by atomic mass is 16.3. The van der Waals surface area contributed by atoms with Gasteiger partial charge in [-0.25, -0.2) is 0 Å². The molecule has 4 rings (SSSR count). The average molecular weight is 368 g/mol. The van der Waals surface area contributed by atoms with E-state index in [0.29, 0.717) is 6.04 Å². The summed E-state index contributed by atoms with van der Waals surface area (Å²) in [4.78, 5) is 5.14. The lowest BCUT2D eigenvalue weighted by atomic mass is 9.99. The minimum atomic E-state index is 0.678. The molecule has 0 saturated carbocycles. The first-order chi connectivity index (χ1) is 13.3. The summed E-state index contributed by atoms with van der Waals surface area (Å²) in [6, 6.07) is 14.1. The van der Waals surface area contributed by atoms with Gasteiger partial charge in [-0.05, 0) is 76.0 Å². The van der Waals surface area contributed by atoms with Crippen LogP contribution in [0.2, 0.25) is 0 Å². The number of likely N-dealkylation sites (tertiary alicyclic amines) is 1. The van der Waals surface area contributed by atoms with Crippen molar-refractivity contribution in [3.05, 3.63) is 42.7 Å². The lowest BCUT2D eigenvalue weighted by Gasteiger charge is -2.38. The molecule has 2 aliphatic heterocycles. The van der Waals surface area contributed by atoms with Crippen molar-refractivity contribution in [2.75, 3.05) is 37.6 Å². The van der Waals surface area contributed by atoms with Gasteiger partial charge in [0.05, 0.1) is 6.26 Å². The van der Waals surface area contributed by atoms with E-state index < -0.39 is 0 Å². The van der Waals surface area contributed by atoms with Crippen LogP contribution in [0, 0.1) is 0 Å². The zero-order valence-corrected chi connectivity index (χ0v) is 16.6. The van der Waals surface area contributed by atoms with Crippen molar-refractivity contribution in [3.8, 4) is 11.3 Å². The molecule has 4 nitrogen and oxygen atoms in total. The quantitative estimate of drug-likeness (QED) is 0.821. The van der Waals surface area contributed by atoms with Crippen LogP contribution in [0.3, 0.4) is 0 Å². The predicted molar refractivity (Wildman–Crippen MR) is 112 cm³/mol. The maximum absolute atomic E-state index is 5.55. The highest BCUT2D eigenvalue weighted by Crippen LogP contribution is 2.27. The minimum Gasteiger partial charge on any atom is -0.464 e. The van der Waals surface area contributed by atoms with Gasteiger partial charge in [-0.3, -0.25) is 0 Å². The maximum atomic E-state index is 5.55. The van der Waals surface area contributed by atoms with E-state index in [2.05, 4.69) is 46.3 Å². The molecule has 146 valence electrons. The number of benzene rings is 1. The van der Waals surface area contributed by atoms with E-state index in [4.69, 9.17) is 4.42 Å². The molecule has 1 aromatic carbocycles. The van der Waals surface area contributed by atoms with Gasteiger partial charge >= 0.3 is 0 Å². The summed E-state index contributed by atoms with van der Waals surface area (Å²) in [6.45, 7) is 8.35. The summed E-state index contributed by atoms with van der Waals surface area (Å²) in [6.07, 6.45) is 8.11. The Morgan fingerprint density at radius 3 is 2.37 bits per heavy atom. The second-order valence-corrected chi connectivity index (χ2v) is 8.07. The molecule has 0 atom stereocenters. The maximum Gasteiger partial charge on any atom is 0.133 e. The molecule has 0 radical (unpaired) electrons. The lowest BCUT2D eigenvalue weighted by molar-refractivity contribution is 0.187. The molecule has 0 spiro atoms. The van der Waals surface area contributed by atoms with E-state index in [0.717, 1.165) is 30.5 Å². The molecule has 3 heterocycles. The second kappa shape index (κ2) is 8.94.